The summed E-state index contributed by atoms with van der Waals surface area (Å²) in [4.78, 5) is 28.8. The van der Waals surface area contributed by atoms with Crippen LogP contribution in [0.4, 0.5) is 5.82 Å². The highest BCUT2D eigenvalue weighted by Crippen LogP contribution is 2.26. The minimum absolute atomic E-state index is 0.0480. The van der Waals surface area contributed by atoms with E-state index in [-0.39, 0.29) is 42.9 Å². The first kappa shape index (κ1) is 19.2. The third kappa shape index (κ3) is 3.72. The number of ether oxygens (including phenoxy) is 1. The van der Waals surface area contributed by atoms with Crippen LogP contribution in [0.15, 0.2) is 45.4 Å². The molecule has 1 aromatic carbocycles. The quantitative estimate of drug-likeness (QED) is 0.434. The fourth-order valence-electron chi connectivity index (χ4n) is 2.94. The number of nitrogens with two attached hydrogens (primary N) is 1. The average Bonchev–Trinajstić information content (AvgIpc) is 3.46. The molecule has 0 aliphatic carbocycles. The molecule has 4 rings (SSSR count). The van der Waals surface area contributed by atoms with Gasteiger partial charge < -0.3 is 24.8 Å². The first-order valence-corrected chi connectivity index (χ1v) is 9.13. The fourth-order valence-corrected chi connectivity index (χ4v) is 2.94. The van der Waals surface area contributed by atoms with Gasteiger partial charge in [0.25, 0.3) is 0 Å². The van der Waals surface area contributed by atoms with Gasteiger partial charge in [-0.1, -0.05) is 12.1 Å². The summed E-state index contributed by atoms with van der Waals surface area (Å²) in [7, 11) is 0. The van der Waals surface area contributed by atoms with Crippen LogP contribution in [0, 0.1) is 0 Å². The van der Waals surface area contributed by atoms with Crippen molar-refractivity contribution in [2.24, 2.45) is 0 Å². The van der Waals surface area contributed by atoms with Gasteiger partial charge in [-0.15, -0.1) is 0 Å². The minimum atomic E-state index is -0.552. The van der Waals surface area contributed by atoms with Crippen LogP contribution in [-0.2, 0) is 22.6 Å². The van der Waals surface area contributed by atoms with Crippen LogP contribution in [0.2, 0.25) is 0 Å². The monoisotopic (exact) mass is 410 g/mol. The smallest absolute Gasteiger partial charge is 0.374 e. The predicted octanol–water partition coefficient (Wildman–Crippen LogP) is 1.75. The van der Waals surface area contributed by atoms with E-state index >= 15 is 0 Å². The van der Waals surface area contributed by atoms with Crippen molar-refractivity contribution >= 4 is 28.7 Å². The van der Waals surface area contributed by atoms with Crippen molar-refractivity contribution < 1.29 is 23.4 Å². The number of aromatic nitrogens is 4. The molecule has 154 valence electrons. The van der Waals surface area contributed by atoms with Crippen molar-refractivity contribution in [3.63, 3.8) is 0 Å². The molecule has 0 radical (unpaired) electrons. The lowest BCUT2D eigenvalue weighted by Crippen LogP contribution is -2.27. The van der Waals surface area contributed by atoms with Crippen LogP contribution < -0.4 is 11.1 Å². The van der Waals surface area contributed by atoms with Crippen molar-refractivity contribution in [1.29, 1.82) is 0 Å². The SMILES string of the molecule is CCOC(=O)c1ccc(CNC(=O)Cn2c(-c3nonc3N)nc3ccccc32)o1. The molecule has 0 bridgehead atoms. The van der Waals surface area contributed by atoms with Crippen LogP contribution in [-0.4, -0.2) is 38.3 Å². The summed E-state index contributed by atoms with van der Waals surface area (Å²) in [6.45, 7) is 2.01. The zero-order valence-corrected chi connectivity index (χ0v) is 16.0. The number of nitrogens with zero attached hydrogens (tertiary/aromatic N) is 4. The van der Waals surface area contributed by atoms with Gasteiger partial charge in [-0.25, -0.2) is 14.4 Å². The molecule has 3 N–H and O–H groups in total. The Morgan fingerprint density at radius 1 is 1.20 bits per heavy atom. The molecule has 0 saturated heterocycles. The first-order chi connectivity index (χ1) is 14.6. The standard InChI is InChI=1S/C19H18N6O5/c1-2-28-19(27)14-8-7-11(29-14)9-21-15(26)10-25-13-6-4-3-5-12(13)22-18(25)16-17(20)24-30-23-16/h3-8H,2,9-10H2,1H3,(H2,20,24)(H,21,26). The first-order valence-electron chi connectivity index (χ1n) is 9.13. The number of benzene rings is 1. The van der Waals surface area contributed by atoms with E-state index in [0.29, 0.717) is 17.1 Å². The number of anilines is 1. The van der Waals surface area contributed by atoms with E-state index < -0.39 is 5.97 Å². The minimum Gasteiger partial charge on any atom is -0.460 e. The van der Waals surface area contributed by atoms with E-state index in [2.05, 4.69) is 25.2 Å². The maximum Gasteiger partial charge on any atom is 0.374 e. The molecule has 4 aromatic rings. The van der Waals surface area contributed by atoms with Crippen molar-refractivity contribution in [3.05, 3.63) is 47.9 Å². The number of hydrogen-bond acceptors (Lipinski definition) is 9. The van der Waals surface area contributed by atoms with Crippen molar-refractivity contribution in [2.75, 3.05) is 12.3 Å². The Hall–Kier alpha value is -4.15. The van der Waals surface area contributed by atoms with Crippen LogP contribution in [0.3, 0.4) is 0 Å². The number of nitrogens with one attached hydrogen (secondary N) is 1. The van der Waals surface area contributed by atoms with E-state index in [4.69, 9.17) is 14.9 Å². The van der Waals surface area contributed by atoms with Gasteiger partial charge in [0.2, 0.25) is 11.7 Å². The molecule has 0 unspecified atom stereocenters. The Bertz CT molecular complexity index is 1210. The number of imidazole rings is 1. The second-order valence-electron chi connectivity index (χ2n) is 6.27. The van der Waals surface area contributed by atoms with Gasteiger partial charge in [-0.2, -0.15) is 0 Å². The summed E-state index contributed by atoms with van der Waals surface area (Å²) < 4.78 is 16.6. The molecular weight excluding hydrogens is 392 g/mol. The number of para-hydroxylation sites is 2. The van der Waals surface area contributed by atoms with Crippen molar-refractivity contribution in [2.45, 2.75) is 20.0 Å². The summed E-state index contributed by atoms with van der Waals surface area (Å²) in [6, 6.07) is 10.4. The van der Waals surface area contributed by atoms with Gasteiger partial charge >= 0.3 is 5.97 Å². The second kappa shape index (κ2) is 8.07. The Morgan fingerprint density at radius 2 is 2.03 bits per heavy atom. The van der Waals surface area contributed by atoms with Gasteiger partial charge in [-0.3, -0.25) is 4.79 Å². The maximum absolute atomic E-state index is 12.6. The largest absolute Gasteiger partial charge is 0.460 e. The topological polar surface area (TPSA) is 151 Å². The predicted molar refractivity (Wildman–Crippen MR) is 104 cm³/mol. The van der Waals surface area contributed by atoms with Crippen LogP contribution >= 0.6 is 0 Å². The lowest BCUT2D eigenvalue weighted by Gasteiger charge is -2.08. The average molecular weight is 410 g/mol. The summed E-state index contributed by atoms with van der Waals surface area (Å²) in [5.41, 5.74) is 7.46. The van der Waals surface area contributed by atoms with Gasteiger partial charge in [0.15, 0.2) is 17.3 Å². The van der Waals surface area contributed by atoms with Crippen LogP contribution in [0.5, 0.6) is 0 Å². The van der Waals surface area contributed by atoms with E-state index in [1.165, 1.54) is 6.07 Å². The zero-order chi connectivity index (χ0) is 21.1. The fraction of sp³-hybridized carbons (Fsp3) is 0.211. The zero-order valence-electron chi connectivity index (χ0n) is 16.0. The van der Waals surface area contributed by atoms with Gasteiger partial charge in [0.05, 0.1) is 24.2 Å². The number of furan rings is 1. The van der Waals surface area contributed by atoms with Crippen LogP contribution in [0.25, 0.3) is 22.6 Å². The molecule has 1 amide bonds. The Balaban J connectivity index is 1.51. The normalized spacial score (nSPS) is 11.0. The number of rotatable bonds is 7. The van der Waals surface area contributed by atoms with Crippen LogP contribution in [0.1, 0.15) is 23.2 Å². The Labute approximate surface area is 169 Å². The van der Waals surface area contributed by atoms with E-state index in [9.17, 15) is 9.59 Å². The number of hydrogen-bond donors (Lipinski definition) is 2. The van der Waals surface area contributed by atoms with E-state index in [0.717, 1.165) is 5.52 Å². The van der Waals surface area contributed by atoms with Gasteiger partial charge in [-0.05, 0) is 41.5 Å². The lowest BCUT2D eigenvalue weighted by molar-refractivity contribution is -0.121. The van der Waals surface area contributed by atoms with E-state index in [1.807, 2.05) is 24.3 Å². The molecule has 0 aliphatic heterocycles. The molecule has 0 aliphatic rings. The summed E-state index contributed by atoms with van der Waals surface area (Å²) in [6.07, 6.45) is 0. The van der Waals surface area contributed by atoms with Gasteiger partial charge in [0, 0.05) is 0 Å². The number of fused-ring (bicyclic) bond motifs is 1. The number of carbonyl (C=O) groups is 2. The molecule has 3 heterocycles. The molecule has 11 nitrogen and oxygen atoms in total. The van der Waals surface area contributed by atoms with Crippen molar-refractivity contribution in [3.8, 4) is 11.5 Å². The highest BCUT2D eigenvalue weighted by molar-refractivity contribution is 5.86. The molecular formula is C19H18N6O5. The van der Waals surface area contributed by atoms with Gasteiger partial charge in [0.1, 0.15) is 12.3 Å². The van der Waals surface area contributed by atoms with E-state index in [1.54, 1.807) is 17.6 Å². The number of esters is 1. The molecule has 30 heavy (non-hydrogen) atoms. The number of amides is 1. The molecule has 0 fully saturated rings. The maximum atomic E-state index is 12.6. The molecule has 0 atom stereocenters. The van der Waals surface area contributed by atoms with Crippen molar-refractivity contribution in [1.82, 2.24) is 25.2 Å². The number of nitrogen functional groups attached to an aromatic ring is 1. The molecule has 11 heteroatoms. The highest BCUT2D eigenvalue weighted by Gasteiger charge is 2.20. The summed E-state index contributed by atoms with van der Waals surface area (Å²) in [5.74, 6) is 0.0960. The number of carbonyl (C=O) groups excluding carboxylic acids is 2. The highest BCUT2D eigenvalue weighted by atomic mass is 16.6. The molecule has 3 aromatic heterocycles. The third-order valence-electron chi connectivity index (χ3n) is 4.28. The Morgan fingerprint density at radius 3 is 2.80 bits per heavy atom. The Kier molecular flexibility index (Phi) is 5.16. The summed E-state index contributed by atoms with van der Waals surface area (Å²) >= 11 is 0. The summed E-state index contributed by atoms with van der Waals surface area (Å²) in [5, 5.41) is 10.1. The molecule has 0 saturated carbocycles. The third-order valence-corrected chi connectivity index (χ3v) is 4.28. The lowest BCUT2D eigenvalue weighted by atomic mass is 10.3. The second-order valence-corrected chi connectivity index (χ2v) is 6.27. The molecule has 0 spiro atoms.